The van der Waals surface area contributed by atoms with Crippen LogP contribution in [0.3, 0.4) is 0 Å². The highest BCUT2D eigenvalue weighted by Crippen LogP contribution is 2.36. The summed E-state index contributed by atoms with van der Waals surface area (Å²) in [5.74, 6) is -0.935. The molecule has 1 aliphatic heterocycles. The summed E-state index contributed by atoms with van der Waals surface area (Å²) < 4.78 is 51.0. The number of anilines is 1. The second-order valence-electron chi connectivity index (χ2n) is 6.81. The van der Waals surface area contributed by atoms with Crippen molar-refractivity contribution in [3.8, 4) is 6.07 Å². The zero-order valence-corrected chi connectivity index (χ0v) is 15.5. The molecule has 9 heteroatoms. The maximum absolute atomic E-state index is 13.2. The van der Waals surface area contributed by atoms with Crippen LogP contribution < -0.4 is 4.90 Å². The van der Waals surface area contributed by atoms with Crippen molar-refractivity contribution in [1.29, 1.82) is 5.26 Å². The highest BCUT2D eigenvalue weighted by atomic mass is 19.4. The van der Waals surface area contributed by atoms with Gasteiger partial charge in [0.05, 0.1) is 29.7 Å². The van der Waals surface area contributed by atoms with E-state index in [4.69, 9.17) is 19.8 Å². The molecule has 1 aliphatic carbocycles. The summed E-state index contributed by atoms with van der Waals surface area (Å²) in [6, 6.07) is 5.15. The van der Waals surface area contributed by atoms with Gasteiger partial charge in [0.15, 0.2) is 0 Å². The minimum absolute atomic E-state index is 0.178. The van der Waals surface area contributed by atoms with Crippen molar-refractivity contribution in [1.82, 2.24) is 0 Å². The molecule has 1 N–H and O–H groups in total. The molecule has 1 fully saturated rings. The van der Waals surface area contributed by atoms with Crippen LogP contribution in [0, 0.1) is 17.2 Å². The normalized spacial score (nSPS) is 24.2. The van der Waals surface area contributed by atoms with Crippen LogP contribution in [-0.4, -0.2) is 36.6 Å². The molecule has 3 atom stereocenters. The van der Waals surface area contributed by atoms with Crippen molar-refractivity contribution in [2.75, 3.05) is 18.1 Å². The monoisotopic (exact) mass is 408 g/mol. The van der Waals surface area contributed by atoms with Gasteiger partial charge in [-0.05, 0) is 43.7 Å². The number of carboxylic acid groups (broad SMARTS) is 1. The number of halogens is 3. The average Bonchev–Trinajstić information content (AvgIpc) is 3.06. The summed E-state index contributed by atoms with van der Waals surface area (Å²) in [6.45, 7) is 2.22. The fourth-order valence-electron chi connectivity index (χ4n) is 3.29. The number of nitriles is 1. The molecule has 0 spiro atoms. The maximum atomic E-state index is 13.2. The Balaban J connectivity index is 1.64. The van der Waals surface area contributed by atoms with Gasteiger partial charge in [0.2, 0.25) is 0 Å². The van der Waals surface area contributed by atoms with E-state index in [0.717, 1.165) is 12.1 Å². The molecule has 0 aromatic heterocycles. The molecule has 1 aromatic rings. The third kappa shape index (κ3) is 4.71. The molecule has 0 bridgehead atoms. The van der Waals surface area contributed by atoms with Gasteiger partial charge in [0.25, 0.3) is 0 Å². The van der Waals surface area contributed by atoms with Crippen LogP contribution in [0.5, 0.6) is 0 Å². The fourth-order valence-corrected chi connectivity index (χ4v) is 3.29. The van der Waals surface area contributed by atoms with E-state index in [1.165, 1.54) is 6.07 Å². The van der Waals surface area contributed by atoms with E-state index >= 15 is 0 Å². The summed E-state index contributed by atoms with van der Waals surface area (Å²) in [4.78, 5) is 12.6. The lowest BCUT2D eigenvalue weighted by atomic mass is 10.0. The molecule has 0 saturated carbocycles. The Hall–Kier alpha value is -2.99. The Morgan fingerprint density at radius 3 is 2.79 bits per heavy atom. The maximum Gasteiger partial charge on any atom is 0.417 e. The van der Waals surface area contributed by atoms with Crippen molar-refractivity contribution < 1.29 is 32.5 Å². The number of aliphatic carboxylic acids is 1. The van der Waals surface area contributed by atoms with Gasteiger partial charge in [-0.25, -0.2) is 0 Å². The third-order valence-corrected chi connectivity index (χ3v) is 4.81. The largest absolute Gasteiger partial charge is 0.491 e. The quantitative estimate of drug-likeness (QED) is 0.800. The van der Waals surface area contributed by atoms with Crippen LogP contribution in [0.15, 0.2) is 42.2 Å². The first kappa shape index (κ1) is 20.7. The molecule has 0 amide bonds. The molecule has 29 heavy (non-hydrogen) atoms. The number of allylic oxidation sites excluding steroid dienone is 2. The minimum Gasteiger partial charge on any atom is -0.491 e. The molecule has 1 saturated heterocycles. The van der Waals surface area contributed by atoms with E-state index in [1.54, 1.807) is 36.1 Å². The Kier molecular flexibility index (Phi) is 5.84. The lowest BCUT2D eigenvalue weighted by molar-refractivity contribution is -0.140. The van der Waals surface area contributed by atoms with Crippen LogP contribution in [0.4, 0.5) is 18.9 Å². The molecule has 0 radical (unpaired) electrons. The molecule has 6 nitrogen and oxygen atoms in total. The number of nitrogens with zero attached hydrogens (tertiary/aromatic N) is 2. The van der Waals surface area contributed by atoms with Crippen molar-refractivity contribution in [2.45, 2.75) is 31.9 Å². The first-order valence-electron chi connectivity index (χ1n) is 8.96. The zero-order valence-electron chi connectivity index (χ0n) is 15.5. The van der Waals surface area contributed by atoms with Crippen molar-refractivity contribution >= 4 is 11.7 Å². The highest BCUT2D eigenvalue weighted by Gasteiger charge is 2.36. The summed E-state index contributed by atoms with van der Waals surface area (Å²) in [5.41, 5.74) is -1.09. The first-order chi connectivity index (χ1) is 13.7. The predicted molar refractivity (Wildman–Crippen MR) is 96.8 cm³/mol. The topological polar surface area (TPSA) is 82.8 Å². The van der Waals surface area contributed by atoms with Crippen LogP contribution in [0.2, 0.25) is 0 Å². The highest BCUT2D eigenvalue weighted by molar-refractivity contribution is 5.72. The van der Waals surface area contributed by atoms with Crippen LogP contribution in [0.25, 0.3) is 0 Å². The van der Waals surface area contributed by atoms with E-state index < -0.39 is 35.4 Å². The van der Waals surface area contributed by atoms with E-state index in [0.29, 0.717) is 24.4 Å². The molecule has 154 valence electrons. The Morgan fingerprint density at radius 2 is 2.21 bits per heavy atom. The lowest BCUT2D eigenvalue weighted by Crippen LogP contribution is -2.28. The summed E-state index contributed by atoms with van der Waals surface area (Å²) in [7, 11) is 0. The first-order valence-corrected chi connectivity index (χ1v) is 8.96. The van der Waals surface area contributed by atoms with E-state index in [9.17, 15) is 18.0 Å². The van der Waals surface area contributed by atoms with Crippen molar-refractivity contribution in [3.05, 3.63) is 53.3 Å². The van der Waals surface area contributed by atoms with Gasteiger partial charge < -0.3 is 19.5 Å². The van der Waals surface area contributed by atoms with E-state index in [-0.39, 0.29) is 12.7 Å². The molecule has 1 aromatic carbocycles. The lowest BCUT2D eigenvalue weighted by Gasteiger charge is -2.23. The second kappa shape index (κ2) is 8.17. The van der Waals surface area contributed by atoms with Crippen LogP contribution in [0.1, 0.15) is 24.5 Å². The number of ether oxygens (including phenoxy) is 2. The number of hydrogen-bond acceptors (Lipinski definition) is 5. The third-order valence-electron chi connectivity index (χ3n) is 4.81. The van der Waals surface area contributed by atoms with Crippen molar-refractivity contribution in [2.24, 2.45) is 5.92 Å². The minimum atomic E-state index is -4.62. The van der Waals surface area contributed by atoms with Crippen molar-refractivity contribution in [3.63, 3.8) is 0 Å². The number of hydrogen-bond donors (Lipinski definition) is 1. The zero-order chi connectivity index (χ0) is 21.2. The Bertz CT molecular complexity index is 889. The van der Waals surface area contributed by atoms with E-state index in [1.807, 2.05) is 0 Å². The summed E-state index contributed by atoms with van der Waals surface area (Å²) >= 11 is 0. The number of rotatable bonds is 5. The Labute approximate surface area is 165 Å². The average molecular weight is 408 g/mol. The smallest absolute Gasteiger partial charge is 0.417 e. The number of alkyl halides is 3. The molecule has 1 unspecified atom stereocenters. The fraction of sp³-hybridized carbons (Fsp3) is 0.400. The van der Waals surface area contributed by atoms with E-state index in [2.05, 4.69) is 0 Å². The summed E-state index contributed by atoms with van der Waals surface area (Å²) in [5, 5.41) is 17.9. The standard InChI is InChI=1S/C20H19F3N2O4/c1-12-25(15-5-2-14(9-24)18(8-15)20(21,22)23)10-17(29-12)11-28-16-6-3-13(4-7-16)19(26)27/h2-3,5-8,12-13,17H,4,10-11H2,1H3,(H,26,27)/t12-,13?,17+/m1/s1. The van der Waals surface area contributed by atoms with Gasteiger partial charge >= 0.3 is 12.1 Å². The Morgan fingerprint density at radius 1 is 1.45 bits per heavy atom. The molecule has 2 aliphatic rings. The SMILES string of the molecule is C[C@H]1O[C@H](COC2=CCC(C(=O)O)C=C2)CN1c1ccc(C#N)c(C(F)(F)F)c1. The van der Waals surface area contributed by atoms with Gasteiger partial charge in [-0.3, -0.25) is 4.79 Å². The van der Waals surface area contributed by atoms with Crippen LogP contribution in [-0.2, 0) is 20.4 Å². The number of carbonyl (C=O) groups is 1. The van der Waals surface area contributed by atoms with Gasteiger partial charge in [-0.15, -0.1) is 0 Å². The number of carboxylic acids is 1. The predicted octanol–water partition coefficient (Wildman–Crippen LogP) is 3.69. The number of benzene rings is 1. The molecule has 3 rings (SSSR count). The molecular weight excluding hydrogens is 389 g/mol. The van der Waals surface area contributed by atoms with Gasteiger partial charge in [-0.2, -0.15) is 18.4 Å². The molecule has 1 heterocycles. The molecular formula is C20H19F3N2O4. The van der Waals surface area contributed by atoms with Gasteiger partial charge in [-0.1, -0.05) is 6.08 Å². The van der Waals surface area contributed by atoms with Gasteiger partial charge in [0, 0.05) is 5.69 Å². The second-order valence-corrected chi connectivity index (χ2v) is 6.81. The van der Waals surface area contributed by atoms with Crippen LogP contribution >= 0.6 is 0 Å². The summed E-state index contributed by atoms with van der Waals surface area (Å²) in [6.07, 6.45) is -0.301. The van der Waals surface area contributed by atoms with Gasteiger partial charge in [0.1, 0.15) is 24.7 Å².